The Hall–Kier alpha value is -1.59. The van der Waals surface area contributed by atoms with E-state index < -0.39 is 0 Å². The van der Waals surface area contributed by atoms with Crippen LogP contribution >= 0.6 is 11.3 Å². The average molecular weight is 493 g/mol. The van der Waals surface area contributed by atoms with Crippen LogP contribution < -0.4 is 0 Å². The van der Waals surface area contributed by atoms with E-state index in [1.807, 2.05) is 45.9 Å². The SMILES string of the molecule is CC.CCCC(=O)CN(CCC)CCCC(C)=O.CCCCCC.Cc1nc2ccccc2s1. The maximum absolute atomic E-state index is 11.5. The number of thiazole rings is 1. The van der Waals surface area contributed by atoms with E-state index in [4.69, 9.17) is 0 Å². The zero-order chi connectivity index (χ0) is 26.2. The number of hydrogen-bond donors (Lipinski definition) is 0. The maximum atomic E-state index is 11.5. The van der Waals surface area contributed by atoms with Gasteiger partial charge in [0.25, 0.3) is 0 Å². The lowest BCUT2D eigenvalue weighted by molar-refractivity contribution is -0.120. The molecule has 0 spiro atoms. The molecular formula is C29H52N2O2S. The van der Waals surface area contributed by atoms with Gasteiger partial charge in [0, 0.05) is 12.8 Å². The van der Waals surface area contributed by atoms with Gasteiger partial charge in [0.1, 0.15) is 11.6 Å². The Morgan fingerprint density at radius 2 is 1.47 bits per heavy atom. The Kier molecular flexibility index (Phi) is 24.9. The van der Waals surface area contributed by atoms with Crippen molar-refractivity contribution in [3.63, 3.8) is 0 Å². The van der Waals surface area contributed by atoms with Gasteiger partial charge >= 0.3 is 0 Å². The highest BCUT2D eigenvalue weighted by Gasteiger charge is 2.09. The number of aromatic nitrogens is 1. The van der Waals surface area contributed by atoms with E-state index in [1.165, 1.54) is 30.4 Å². The molecule has 0 aliphatic rings. The summed E-state index contributed by atoms with van der Waals surface area (Å²) in [4.78, 5) is 28.8. The lowest BCUT2D eigenvalue weighted by Crippen LogP contribution is -2.31. The van der Waals surface area contributed by atoms with Crippen LogP contribution in [-0.2, 0) is 9.59 Å². The minimum absolute atomic E-state index is 0.233. The van der Waals surface area contributed by atoms with E-state index in [9.17, 15) is 9.59 Å². The van der Waals surface area contributed by atoms with Gasteiger partial charge in [-0.3, -0.25) is 9.69 Å². The van der Waals surface area contributed by atoms with Crippen LogP contribution in [0.5, 0.6) is 0 Å². The van der Waals surface area contributed by atoms with Gasteiger partial charge in [-0.1, -0.05) is 79.4 Å². The summed E-state index contributed by atoms with van der Waals surface area (Å²) in [5.41, 5.74) is 1.12. The van der Waals surface area contributed by atoms with Crippen LogP contribution in [0.3, 0.4) is 0 Å². The second-order valence-corrected chi connectivity index (χ2v) is 9.51. The summed E-state index contributed by atoms with van der Waals surface area (Å²) in [6.45, 7) is 18.6. The summed E-state index contributed by atoms with van der Waals surface area (Å²) < 4.78 is 1.28. The van der Waals surface area contributed by atoms with Crippen LogP contribution in [0, 0.1) is 6.92 Å². The van der Waals surface area contributed by atoms with Crippen molar-refractivity contribution in [1.82, 2.24) is 9.88 Å². The highest BCUT2D eigenvalue weighted by Crippen LogP contribution is 2.19. The van der Waals surface area contributed by atoms with Crippen molar-refractivity contribution >= 4 is 33.1 Å². The zero-order valence-electron chi connectivity index (χ0n) is 23.4. The number of unbranched alkanes of at least 4 members (excludes halogenated alkanes) is 3. The molecule has 0 N–H and O–H groups in total. The molecule has 2 aromatic rings. The lowest BCUT2D eigenvalue weighted by Gasteiger charge is -2.20. The topological polar surface area (TPSA) is 50.3 Å². The van der Waals surface area contributed by atoms with E-state index >= 15 is 0 Å². The molecule has 1 aromatic carbocycles. The highest BCUT2D eigenvalue weighted by molar-refractivity contribution is 7.18. The minimum Gasteiger partial charge on any atom is -0.300 e. The van der Waals surface area contributed by atoms with Crippen LogP contribution in [0.25, 0.3) is 10.2 Å². The fraction of sp³-hybridized carbons (Fsp3) is 0.690. The van der Waals surface area contributed by atoms with Crippen molar-refractivity contribution in [2.45, 2.75) is 113 Å². The van der Waals surface area contributed by atoms with E-state index in [0.717, 1.165) is 42.9 Å². The predicted octanol–water partition coefficient (Wildman–Crippen LogP) is 8.65. The summed E-state index contributed by atoms with van der Waals surface area (Å²) in [6, 6.07) is 8.19. The van der Waals surface area contributed by atoms with Crippen LogP contribution in [0.1, 0.15) is 111 Å². The molecule has 0 aliphatic carbocycles. The molecule has 2 rings (SSSR count). The quantitative estimate of drug-likeness (QED) is 0.262. The van der Waals surface area contributed by atoms with Crippen LogP contribution in [0.2, 0.25) is 0 Å². The second kappa shape index (κ2) is 24.5. The first-order chi connectivity index (χ1) is 16.4. The Morgan fingerprint density at radius 1 is 0.853 bits per heavy atom. The number of aryl methyl sites for hydroxylation is 1. The molecule has 0 amide bonds. The summed E-state index contributed by atoms with van der Waals surface area (Å²) >= 11 is 1.74. The third kappa shape index (κ3) is 19.8. The molecule has 0 fully saturated rings. The molecular weight excluding hydrogens is 440 g/mol. The average Bonchev–Trinajstić information content (AvgIpc) is 3.20. The van der Waals surface area contributed by atoms with Gasteiger partial charge in [-0.25, -0.2) is 4.98 Å². The monoisotopic (exact) mass is 492 g/mol. The maximum Gasteiger partial charge on any atom is 0.146 e. The van der Waals surface area contributed by atoms with Gasteiger partial charge in [-0.2, -0.15) is 0 Å². The fourth-order valence-corrected chi connectivity index (χ4v) is 4.06. The number of carbonyl (C=O) groups is 2. The number of hydrogen-bond acceptors (Lipinski definition) is 5. The number of rotatable bonds is 13. The molecule has 5 heteroatoms. The highest BCUT2D eigenvalue weighted by atomic mass is 32.1. The number of Topliss-reactive ketones (excluding diaryl/α,β-unsaturated/α-hetero) is 2. The molecule has 0 unspecified atom stereocenters. The normalized spacial score (nSPS) is 9.91. The number of benzene rings is 1. The van der Waals surface area contributed by atoms with Crippen molar-refractivity contribution < 1.29 is 9.59 Å². The molecule has 0 radical (unpaired) electrons. The standard InChI is InChI=1S/C13H25NO2.C8H7NS.C6H14.C2H6/c1-4-7-13(16)11-14(9-5-2)10-6-8-12(3)15;1-6-9-7-4-2-3-5-8(7)10-6;1-3-5-6-4-2;1-2/h4-11H2,1-3H3;2-5H,1H3;3-6H2,1-2H3;1-2H3. The molecule has 34 heavy (non-hydrogen) atoms. The minimum atomic E-state index is 0.233. The third-order valence-corrected chi connectivity index (χ3v) is 5.78. The van der Waals surface area contributed by atoms with Gasteiger partial charge in [0.15, 0.2) is 0 Å². The van der Waals surface area contributed by atoms with E-state index in [2.05, 4.69) is 36.7 Å². The summed E-state index contributed by atoms with van der Waals surface area (Å²) in [5, 5.41) is 1.14. The van der Waals surface area contributed by atoms with E-state index in [-0.39, 0.29) is 5.78 Å². The van der Waals surface area contributed by atoms with Crippen molar-refractivity contribution in [2.24, 2.45) is 0 Å². The number of nitrogens with zero attached hydrogens (tertiary/aromatic N) is 2. The predicted molar refractivity (Wildman–Crippen MR) is 152 cm³/mol. The third-order valence-electron chi connectivity index (χ3n) is 4.83. The van der Waals surface area contributed by atoms with E-state index in [1.54, 1.807) is 18.3 Å². The summed E-state index contributed by atoms with van der Waals surface area (Å²) in [6.07, 6.45) is 9.68. The van der Waals surface area contributed by atoms with Gasteiger partial charge in [0.2, 0.25) is 0 Å². The zero-order valence-corrected chi connectivity index (χ0v) is 24.2. The van der Waals surface area contributed by atoms with Gasteiger partial charge < -0.3 is 4.79 Å². The number of fused-ring (bicyclic) bond motifs is 1. The second-order valence-electron chi connectivity index (χ2n) is 8.28. The first-order valence-electron chi connectivity index (χ1n) is 13.4. The number of carbonyl (C=O) groups excluding carboxylic acids is 2. The van der Waals surface area contributed by atoms with Crippen molar-refractivity contribution in [3.05, 3.63) is 29.3 Å². The summed E-state index contributed by atoms with van der Waals surface area (Å²) in [5.74, 6) is 0.551. The molecule has 0 saturated carbocycles. The van der Waals surface area contributed by atoms with Gasteiger partial charge in [0.05, 0.1) is 21.8 Å². The fourth-order valence-electron chi connectivity index (χ4n) is 3.23. The van der Waals surface area contributed by atoms with Crippen molar-refractivity contribution in [2.75, 3.05) is 19.6 Å². The molecule has 0 bridgehead atoms. The first kappa shape index (κ1) is 34.6. The van der Waals surface area contributed by atoms with Crippen molar-refractivity contribution in [1.29, 1.82) is 0 Å². The number of para-hydroxylation sites is 1. The molecule has 1 aromatic heterocycles. The Bertz CT molecular complexity index is 706. The molecule has 0 atom stereocenters. The molecule has 1 heterocycles. The van der Waals surface area contributed by atoms with Gasteiger partial charge in [-0.15, -0.1) is 11.3 Å². The molecule has 0 saturated heterocycles. The smallest absolute Gasteiger partial charge is 0.146 e. The molecule has 4 nitrogen and oxygen atoms in total. The molecule has 196 valence electrons. The van der Waals surface area contributed by atoms with Crippen LogP contribution in [-0.4, -0.2) is 41.1 Å². The summed E-state index contributed by atoms with van der Waals surface area (Å²) in [7, 11) is 0. The van der Waals surface area contributed by atoms with Crippen molar-refractivity contribution in [3.8, 4) is 0 Å². The molecule has 0 aliphatic heterocycles. The first-order valence-corrected chi connectivity index (χ1v) is 14.2. The van der Waals surface area contributed by atoms with Crippen LogP contribution in [0.4, 0.5) is 0 Å². The number of ketones is 2. The lowest BCUT2D eigenvalue weighted by atomic mass is 10.2. The van der Waals surface area contributed by atoms with Crippen LogP contribution in [0.15, 0.2) is 24.3 Å². The van der Waals surface area contributed by atoms with Gasteiger partial charge in [-0.05, 0) is 58.3 Å². The largest absolute Gasteiger partial charge is 0.300 e. The van der Waals surface area contributed by atoms with E-state index in [0.29, 0.717) is 25.2 Å². The Labute approximate surface area is 214 Å². The Morgan fingerprint density at radius 3 is 1.97 bits per heavy atom. The Balaban J connectivity index is 0.